The maximum absolute atomic E-state index is 13.2. The lowest BCUT2D eigenvalue weighted by Crippen LogP contribution is -2.59. The van der Waals surface area contributed by atoms with Crippen LogP contribution in [0.4, 0.5) is 5.69 Å². The van der Waals surface area contributed by atoms with Crippen molar-refractivity contribution in [2.75, 3.05) is 32.1 Å². The predicted molar refractivity (Wildman–Crippen MR) is 107 cm³/mol. The third-order valence-corrected chi connectivity index (χ3v) is 5.59. The van der Waals surface area contributed by atoms with Crippen molar-refractivity contribution in [3.8, 4) is 0 Å². The van der Waals surface area contributed by atoms with Crippen molar-refractivity contribution in [3.63, 3.8) is 0 Å². The summed E-state index contributed by atoms with van der Waals surface area (Å²) in [5, 5.41) is 3.44. The first kappa shape index (κ1) is 22.5. The molecule has 6 heteroatoms. The molecule has 1 unspecified atom stereocenters. The van der Waals surface area contributed by atoms with Crippen LogP contribution in [0, 0.1) is 6.92 Å². The number of ether oxygens (including phenoxy) is 1. The maximum Gasteiger partial charge on any atom is 0.340 e. The van der Waals surface area contributed by atoms with Crippen LogP contribution < -0.4 is 5.32 Å². The van der Waals surface area contributed by atoms with Crippen LogP contribution in [-0.4, -0.2) is 49.1 Å². The van der Waals surface area contributed by atoms with Crippen LogP contribution in [0.3, 0.4) is 0 Å². The number of halogens is 1. The number of hydrogen-bond donors (Lipinski definition) is 1. The van der Waals surface area contributed by atoms with Crippen LogP contribution in [0.25, 0.3) is 0 Å². The van der Waals surface area contributed by atoms with E-state index in [-0.39, 0.29) is 17.5 Å². The average Bonchev–Trinajstić information content (AvgIpc) is 2.63. The number of amides is 1. The van der Waals surface area contributed by atoms with Crippen molar-refractivity contribution < 1.29 is 18.8 Å². The molecule has 0 heterocycles. The zero-order valence-corrected chi connectivity index (χ0v) is 17.6. The van der Waals surface area contributed by atoms with Gasteiger partial charge in [0.05, 0.1) is 38.0 Å². The zero-order chi connectivity index (χ0) is 19.9. The second-order valence-electron chi connectivity index (χ2n) is 6.60. The van der Waals surface area contributed by atoms with Crippen molar-refractivity contribution in [1.29, 1.82) is 0 Å². The molecule has 1 rings (SSSR count). The molecule has 0 aliphatic carbocycles. The molecule has 0 saturated heterocycles. The Balaban J connectivity index is 3.31. The number of anilines is 1. The number of nitrogens with zero attached hydrogens (tertiary/aromatic N) is 1. The number of aryl methyl sites for hydroxylation is 1. The van der Waals surface area contributed by atoms with E-state index in [1.54, 1.807) is 6.07 Å². The van der Waals surface area contributed by atoms with Crippen LogP contribution in [0.5, 0.6) is 0 Å². The summed E-state index contributed by atoms with van der Waals surface area (Å²) in [6.45, 7) is 12.9. The van der Waals surface area contributed by atoms with E-state index in [0.717, 1.165) is 42.5 Å². The molecular formula is C20H32ClN2O3+. The number of carbonyl (C=O) groups is 2. The van der Waals surface area contributed by atoms with Gasteiger partial charge < -0.3 is 14.5 Å². The van der Waals surface area contributed by atoms with Crippen molar-refractivity contribution in [2.24, 2.45) is 0 Å². The summed E-state index contributed by atoms with van der Waals surface area (Å²) in [7, 11) is 1.32. The normalized spacial score (nSPS) is 12.6. The average molecular weight is 384 g/mol. The van der Waals surface area contributed by atoms with Gasteiger partial charge in [-0.2, -0.15) is 0 Å². The van der Waals surface area contributed by atoms with Gasteiger partial charge in [-0.25, -0.2) is 4.79 Å². The number of carbonyl (C=O) groups excluding carboxylic acids is 2. The third kappa shape index (κ3) is 4.77. The summed E-state index contributed by atoms with van der Waals surface area (Å²) in [5.41, 5.74) is 1.50. The van der Waals surface area contributed by atoms with E-state index in [2.05, 4.69) is 33.0 Å². The Bertz CT molecular complexity index is 634. The summed E-state index contributed by atoms with van der Waals surface area (Å²) < 4.78 is 5.58. The fourth-order valence-electron chi connectivity index (χ4n) is 3.65. The van der Waals surface area contributed by atoms with Gasteiger partial charge in [-0.3, -0.25) is 4.79 Å². The zero-order valence-electron chi connectivity index (χ0n) is 16.8. The number of benzene rings is 1. The van der Waals surface area contributed by atoms with Crippen molar-refractivity contribution in [1.82, 2.24) is 0 Å². The Kier molecular flexibility index (Phi) is 8.57. The van der Waals surface area contributed by atoms with E-state index in [4.69, 9.17) is 16.3 Å². The molecule has 0 aliphatic rings. The van der Waals surface area contributed by atoms with Crippen LogP contribution in [0.15, 0.2) is 12.1 Å². The molecule has 1 amide bonds. The second-order valence-corrected chi connectivity index (χ2v) is 7.03. The highest BCUT2D eigenvalue weighted by atomic mass is 35.5. The van der Waals surface area contributed by atoms with E-state index >= 15 is 0 Å². The van der Waals surface area contributed by atoms with Gasteiger partial charge in [0, 0.05) is 11.4 Å². The van der Waals surface area contributed by atoms with Gasteiger partial charge in [0.15, 0.2) is 6.04 Å². The molecule has 146 valence electrons. The van der Waals surface area contributed by atoms with Crippen molar-refractivity contribution >= 4 is 29.2 Å². The first-order chi connectivity index (χ1) is 12.3. The highest BCUT2D eigenvalue weighted by Crippen LogP contribution is 2.28. The Morgan fingerprint density at radius 3 is 2.19 bits per heavy atom. The second kappa shape index (κ2) is 9.93. The molecule has 0 aromatic heterocycles. The molecule has 0 radical (unpaired) electrons. The first-order valence-electron chi connectivity index (χ1n) is 9.35. The molecule has 0 fully saturated rings. The summed E-state index contributed by atoms with van der Waals surface area (Å²) >= 11 is 6.09. The van der Waals surface area contributed by atoms with Crippen LogP contribution >= 0.6 is 11.6 Å². The summed E-state index contributed by atoms with van der Waals surface area (Å²) in [4.78, 5) is 25.4. The number of hydrogen-bond acceptors (Lipinski definition) is 3. The summed E-state index contributed by atoms with van der Waals surface area (Å²) in [6.07, 6.45) is 1.71. The minimum Gasteiger partial charge on any atom is -0.465 e. The Hall–Kier alpha value is -1.59. The van der Waals surface area contributed by atoms with Gasteiger partial charge in [0.2, 0.25) is 0 Å². The summed E-state index contributed by atoms with van der Waals surface area (Å²) in [5.74, 6) is -0.576. The lowest BCUT2D eigenvalue weighted by molar-refractivity contribution is -0.938. The molecule has 1 N–H and O–H groups in total. The highest BCUT2D eigenvalue weighted by molar-refractivity contribution is 6.31. The molecule has 26 heavy (non-hydrogen) atoms. The number of esters is 1. The number of nitrogens with one attached hydrogen (secondary N) is 1. The lowest BCUT2D eigenvalue weighted by Gasteiger charge is -2.42. The largest absolute Gasteiger partial charge is 0.465 e. The third-order valence-electron chi connectivity index (χ3n) is 5.37. The summed E-state index contributed by atoms with van der Waals surface area (Å²) in [6, 6.07) is 3.10. The molecule has 0 spiro atoms. The number of quaternary nitrogens is 1. The molecule has 1 atom stereocenters. The van der Waals surface area contributed by atoms with Gasteiger partial charge in [-0.1, -0.05) is 18.5 Å². The molecule has 1 aromatic carbocycles. The topological polar surface area (TPSA) is 55.4 Å². The van der Waals surface area contributed by atoms with Gasteiger partial charge >= 0.3 is 5.97 Å². The molecule has 5 nitrogen and oxygen atoms in total. The van der Waals surface area contributed by atoms with Crippen LogP contribution in [0.2, 0.25) is 5.02 Å². The molecule has 0 bridgehead atoms. The van der Waals surface area contributed by atoms with Gasteiger partial charge in [0.25, 0.3) is 5.91 Å². The van der Waals surface area contributed by atoms with Crippen LogP contribution in [0.1, 0.15) is 56.5 Å². The number of likely N-dealkylation sites (N-methyl/N-ethyl adjacent to an activating group) is 1. The van der Waals surface area contributed by atoms with Gasteiger partial charge in [0.1, 0.15) is 0 Å². The molecule has 1 aromatic rings. The molecular weight excluding hydrogens is 352 g/mol. The van der Waals surface area contributed by atoms with Crippen molar-refractivity contribution in [2.45, 2.75) is 53.5 Å². The maximum atomic E-state index is 13.2. The van der Waals surface area contributed by atoms with Crippen LogP contribution in [-0.2, 0) is 9.53 Å². The Morgan fingerprint density at radius 2 is 1.73 bits per heavy atom. The predicted octanol–water partition coefficient (Wildman–Crippen LogP) is 4.42. The Labute approximate surface area is 162 Å². The van der Waals surface area contributed by atoms with E-state index in [9.17, 15) is 9.59 Å². The highest BCUT2D eigenvalue weighted by Gasteiger charge is 2.38. The fourth-order valence-corrected chi connectivity index (χ4v) is 3.92. The lowest BCUT2D eigenvalue weighted by atomic mass is 10.0. The first-order valence-corrected chi connectivity index (χ1v) is 9.72. The van der Waals surface area contributed by atoms with Crippen molar-refractivity contribution in [3.05, 3.63) is 28.3 Å². The quantitative estimate of drug-likeness (QED) is 0.507. The SMILES string of the molecule is CCCC(C(=O)Nc1c(C)cc(Cl)cc1C(=O)OC)[N+](CC)(CC)CC. The number of methoxy groups -OCH3 is 1. The molecule has 0 aliphatic heterocycles. The smallest absolute Gasteiger partial charge is 0.340 e. The minimum absolute atomic E-state index is 0.0621. The van der Waals surface area contributed by atoms with E-state index in [0.29, 0.717) is 10.7 Å². The molecule has 0 saturated carbocycles. The standard InChI is InChI=1S/C20H31ClN2O3/c1-7-11-17(23(8-2,9-3)10-4)19(24)22-18-14(5)12-15(21)13-16(18)20(25)26-6/h12-13,17H,7-11H2,1-6H3/p+1. The van der Waals surface area contributed by atoms with E-state index in [1.807, 2.05) is 6.92 Å². The Morgan fingerprint density at radius 1 is 1.15 bits per heavy atom. The number of rotatable bonds is 9. The van der Waals surface area contributed by atoms with Gasteiger partial charge in [-0.05, 0) is 51.8 Å². The van der Waals surface area contributed by atoms with E-state index < -0.39 is 5.97 Å². The minimum atomic E-state index is -0.514. The van der Waals surface area contributed by atoms with E-state index in [1.165, 1.54) is 13.2 Å². The monoisotopic (exact) mass is 383 g/mol. The fraction of sp³-hybridized carbons (Fsp3) is 0.600. The van der Waals surface area contributed by atoms with Gasteiger partial charge in [-0.15, -0.1) is 0 Å².